The largest absolute Gasteiger partial charge is 0.497 e. The summed E-state index contributed by atoms with van der Waals surface area (Å²) in [5.41, 5.74) is 3.47. The number of anilines is 1. The molecule has 0 radical (unpaired) electrons. The molecule has 2 saturated heterocycles. The fourth-order valence-electron chi connectivity index (χ4n) is 4.79. The van der Waals surface area contributed by atoms with Gasteiger partial charge in [-0.05, 0) is 62.4 Å². The van der Waals surface area contributed by atoms with Crippen LogP contribution in [0.3, 0.4) is 0 Å². The maximum atomic E-state index is 12.5. The SMILES string of the molecule is COc1ccc(NC(=O)NC2C[C@H]3CCC[C@H](C2)N3Cc2ccc(C)cc2)cc1. The summed E-state index contributed by atoms with van der Waals surface area (Å²) in [6, 6.07) is 17.5. The lowest BCUT2D eigenvalue weighted by Crippen LogP contribution is -2.56. The van der Waals surface area contributed by atoms with E-state index in [2.05, 4.69) is 46.7 Å². The van der Waals surface area contributed by atoms with Gasteiger partial charge in [0.25, 0.3) is 0 Å². The molecular formula is C24H31N3O2. The second-order valence-electron chi connectivity index (χ2n) is 8.39. The highest BCUT2D eigenvalue weighted by Crippen LogP contribution is 2.35. The van der Waals surface area contributed by atoms with Crippen LogP contribution in [0, 0.1) is 6.92 Å². The first-order valence-corrected chi connectivity index (χ1v) is 10.6. The molecule has 2 amide bonds. The molecule has 2 aromatic rings. The fourth-order valence-corrected chi connectivity index (χ4v) is 4.79. The van der Waals surface area contributed by atoms with E-state index in [9.17, 15) is 4.79 Å². The summed E-state index contributed by atoms with van der Waals surface area (Å²) in [7, 11) is 1.64. The quantitative estimate of drug-likeness (QED) is 0.773. The van der Waals surface area contributed by atoms with Crippen LogP contribution >= 0.6 is 0 Å². The standard InChI is InChI=1S/C24H31N3O2/c1-17-6-8-18(9-7-17)16-27-21-4-3-5-22(27)15-20(14-21)26-24(28)25-19-10-12-23(29-2)13-11-19/h6-13,20-22H,3-5,14-16H2,1-2H3,(H2,25,26,28)/t21-,22-/m1/s1. The Bertz CT molecular complexity index is 805. The zero-order chi connectivity index (χ0) is 20.2. The van der Waals surface area contributed by atoms with Crippen LogP contribution in [0.2, 0.25) is 0 Å². The van der Waals surface area contributed by atoms with Gasteiger partial charge in [-0.15, -0.1) is 0 Å². The summed E-state index contributed by atoms with van der Waals surface area (Å²) in [5, 5.41) is 6.15. The van der Waals surface area contributed by atoms with Crippen LogP contribution in [0.15, 0.2) is 48.5 Å². The molecular weight excluding hydrogens is 362 g/mol. The summed E-state index contributed by atoms with van der Waals surface area (Å²) in [6.45, 7) is 3.15. The number of nitrogens with one attached hydrogen (secondary N) is 2. The number of ether oxygens (including phenoxy) is 1. The Balaban J connectivity index is 1.34. The van der Waals surface area contributed by atoms with Gasteiger partial charge < -0.3 is 15.4 Å². The van der Waals surface area contributed by atoms with Gasteiger partial charge in [0.1, 0.15) is 5.75 Å². The smallest absolute Gasteiger partial charge is 0.319 e. The zero-order valence-corrected chi connectivity index (χ0v) is 17.4. The first-order valence-electron chi connectivity index (χ1n) is 10.6. The Morgan fingerprint density at radius 1 is 1.03 bits per heavy atom. The van der Waals surface area contributed by atoms with E-state index in [-0.39, 0.29) is 12.1 Å². The molecule has 154 valence electrons. The van der Waals surface area contributed by atoms with Crippen molar-refractivity contribution in [3.05, 3.63) is 59.7 Å². The number of piperidine rings is 2. The highest BCUT2D eigenvalue weighted by molar-refractivity contribution is 5.89. The lowest BCUT2D eigenvalue weighted by atomic mass is 9.81. The summed E-state index contributed by atoms with van der Waals surface area (Å²) in [4.78, 5) is 15.2. The van der Waals surface area contributed by atoms with Gasteiger partial charge in [0.2, 0.25) is 0 Å². The number of urea groups is 1. The first kappa shape index (κ1) is 19.8. The Labute approximate surface area is 173 Å². The zero-order valence-electron chi connectivity index (χ0n) is 17.4. The van der Waals surface area contributed by atoms with E-state index in [0.717, 1.165) is 30.8 Å². The molecule has 2 fully saturated rings. The van der Waals surface area contributed by atoms with Gasteiger partial charge in [-0.3, -0.25) is 4.90 Å². The molecule has 0 saturated carbocycles. The third kappa shape index (κ3) is 4.91. The van der Waals surface area contributed by atoms with Gasteiger partial charge >= 0.3 is 6.03 Å². The minimum atomic E-state index is -0.120. The fraction of sp³-hybridized carbons (Fsp3) is 0.458. The highest BCUT2D eigenvalue weighted by atomic mass is 16.5. The lowest BCUT2D eigenvalue weighted by molar-refractivity contribution is 0.0200. The molecule has 2 heterocycles. The van der Waals surface area contributed by atoms with Crippen LogP contribution in [-0.2, 0) is 6.54 Å². The summed E-state index contributed by atoms with van der Waals surface area (Å²) in [6.07, 6.45) is 5.79. The minimum Gasteiger partial charge on any atom is -0.497 e. The van der Waals surface area contributed by atoms with Crippen molar-refractivity contribution in [3.63, 3.8) is 0 Å². The number of aryl methyl sites for hydroxylation is 1. The predicted octanol–water partition coefficient (Wildman–Crippen LogP) is 4.71. The first-order chi connectivity index (χ1) is 14.1. The monoisotopic (exact) mass is 393 g/mol. The number of nitrogens with zero attached hydrogens (tertiary/aromatic N) is 1. The summed E-state index contributed by atoms with van der Waals surface area (Å²) in [5.74, 6) is 0.782. The van der Waals surface area contributed by atoms with E-state index in [1.807, 2.05) is 24.3 Å². The molecule has 2 aliphatic rings. The van der Waals surface area contributed by atoms with Crippen LogP contribution < -0.4 is 15.4 Å². The van der Waals surface area contributed by atoms with E-state index < -0.39 is 0 Å². The average Bonchev–Trinajstić information content (AvgIpc) is 2.71. The van der Waals surface area contributed by atoms with Crippen LogP contribution in [0.5, 0.6) is 5.75 Å². The second-order valence-corrected chi connectivity index (χ2v) is 8.39. The van der Waals surface area contributed by atoms with E-state index in [4.69, 9.17) is 4.74 Å². The summed E-state index contributed by atoms with van der Waals surface area (Å²) >= 11 is 0. The number of benzene rings is 2. The maximum Gasteiger partial charge on any atom is 0.319 e. The molecule has 0 aliphatic carbocycles. The molecule has 2 N–H and O–H groups in total. The van der Waals surface area contributed by atoms with Crippen LogP contribution in [0.1, 0.15) is 43.2 Å². The number of hydrogen-bond donors (Lipinski definition) is 2. The van der Waals surface area contributed by atoms with Crippen molar-refractivity contribution in [2.75, 3.05) is 12.4 Å². The van der Waals surface area contributed by atoms with Gasteiger partial charge in [0.05, 0.1) is 7.11 Å². The van der Waals surface area contributed by atoms with E-state index in [1.54, 1.807) is 7.11 Å². The molecule has 5 nitrogen and oxygen atoms in total. The Morgan fingerprint density at radius 2 is 1.69 bits per heavy atom. The number of carbonyl (C=O) groups excluding carboxylic acids is 1. The Kier molecular flexibility index (Phi) is 6.05. The average molecular weight is 394 g/mol. The highest BCUT2D eigenvalue weighted by Gasteiger charge is 2.38. The molecule has 2 bridgehead atoms. The van der Waals surface area contributed by atoms with Crippen LogP contribution in [0.4, 0.5) is 10.5 Å². The number of fused-ring (bicyclic) bond motifs is 2. The topological polar surface area (TPSA) is 53.6 Å². The van der Waals surface area contributed by atoms with Gasteiger partial charge in [-0.2, -0.15) is 0 Å². The van der Waals surface area contributed by atoms with Gasteiger partial charge in [0, 0.05) is 30.4 Å². The van der Waals surface area contributed by atoms with Crippen molar-refractivity contribution < 1.29 is 9.53 Å². The number of hydrogen-bond acceptors (Lipinski definition) is 3. The van der Waals surface area contributed by atoms with Crippen molar-refractivity contribution in [1.82, 2.24) is 10.2 Å². The number of rotatable bonds is 5. The van der Waals surface area contributed by atoms with Crippen molar-refractivity contribution in [1.29, 1.82) is 0 Å². The molecule has 29 heavy (non-hydrogen) atoms. The Morgan fingerprint density at radius 3 is 2.31 bits per heavy atom. The third-order valence-electron chi connectivity index (χ3n) is 6.29. The Hall–Kier alpha value is -2.53. The molecule has 5 heteroatoms. The number of methoxy groups -OCH3 is 1. The summed E-state index contributed by atoms with van der Waals surface area (Å²) < 4.78 is 5.16. The molecule has 2 aliphatic heterocycles. The van der Waals surface area contributed by atoms with Crippen molar-refractivity contribution in [3.8, 4) is 5.75 Å². The third-order valence-corrected chi connectivity index (χ3v) is 6.29. The van der Waals surface area contributed by atoms with Crippen LogP contribution in [-0.4, -0.2) is 36.2 Å². The number of amides is 2. The van der Waals surface area contributed by atoms with E-state index >= 15 is 0 Å². The van der Waals surface area contributed by atoms with Crippen molar-refractivity contribution >= 4 is 11.7 Å². The molecule has 2 atom stereocenters. The lowest BCUT2D eigenvalue weighted by Gasteiger charge is -2.49. The van der Waals surface area contributed by atoms with E-state index in [0.29, 0.717) is 12.1 Å². The van der Waals surface area contributed by atoms with Crippen molar-refractivity contribution in [2.45, 2.75) is 63.7 Å². The van der Waals surface area contributed by atoms with Gasteiger partial charge in [0.15, 0.2) is 0 Å². The molecule has 0 aromatic heterocycles. The number of carbonyl (C=O) groups is 1. The van der Waals surface area contributed by atoms with Crippen LogP contribution in [0.25, 0.3) is 0 Å². The molecule has 0 unspecified atom stereocenters. The normalized spacial score (nSPS) is 24.0. The minimum absolute atomic E-state index is 0.120. The maximum absolute atomic E-state index is 12.5. The second kappa shape index (κ2) is 8.87. The van der Waals surface area contributed by atoms with Crippen molar-refractivity contribution in [2.24, 2.45) is 0 Å². The predicted molar refractivity (Wildman–Crippen MR) is 116 cm³/mol. The van der Waals surface area contributed by atoms with Gasteiger partial charge in [-0.1, -0.05) is 36.2 Å². The van der Waals surface area contributed by atoms with E-state index in [1.165, 1.54) is 30.4 Å². The molecule has 0 spiro atoms. The molecule has 2 aromatic carbocycles. The molecule has 4 rings (SSSR count). The van der Waals surface area contributed by atoms with Gasteiger partial charge in [-0.25, -0.2) is 4.79 Å².